The molecule has 0 atom stereocenters. The fourth-order valence-electron chi connectivity index (χ4n) is 2.12. The highest BCUT2D eigenvalue weighted by molar-refractivity contribution is 5.97. The number of aromatic nitrogens is 3. The monoisotopic (exact) mass is 261 g/mol. The maximum absolute atomic E-state index is 12.3. The molecule has 0 saturated carbocycles. The second-order valence-electron chi connectivity index (χ2n) is 4.68. The number of anilines is 1. The van der Waals surface area contributed by atoms with Crippen LogP contribution in [0.5, 0.6) is 0 Å². The summed E-state index contributed by atoms with van der Waals surface area (Å²) in [6, 6.07) is 5.52. The zero-order chi connectivity index (χ0) is 13.3. The Kier molecular flexibility index (Phi) is 2.92. The minimum absolute atomic E-state index is 0.242. The van der Waals surface area contributed by atoms with E-state index in [9.17, 15) is 4.79 Å². The van der Waals surface area contributed by atoms with Crippen molar-refractivity contribution >= 4 is 17.5 Å². The number of nitrogens with one attached hydrogen (secondary N) is 1. The second kappa shape index (κ2) is 4.60. The molecule has 1 amide bonds. The Hall–Kier alpha value is -1.99. The molecule has 1 fully saturated rings. The molecule has 3 rings (SSSR count). The lowest BCUT2D eigenvalue weighted by Gasteiger charge is -2.31. The number of ether oxygens (including phenoxy) is 1. The van der Waals surface area contributed by atoms with Crippen LogP contribution in [0.1, 0.15) is 12.8 Å². The van der Waals surface area contributed by atoms with Crippen molar-refractivity contribution in [1.29, 1.82) is 0 Å². The first-order chi connectivity index (χ1) is 9.19. The van der Waals surface area contributed by atoms with Crippen LogP contribution < -0.4 is 11.1 Å². The van der Waals surface area contributed by atoms with Crippen molar-refractivity contribution in [2.45, 2.75) is 18.4 Å². The van der Waals surface area contributed by atoms with Crippen molar-refractivity contribution in [2.24, 2.45) is 5.73 Å². The summed E-state index contributed by atoms with van der Waals surface area (Å²) in [5.41, 5.74) is 5.90. The van der Waals surface area contributed by atoms with Gasteiger partial charge in [-0.2, -0.15) is 0 Å². The van der Waals surface area contributed by atoms with Crippen LogP contribution in [0.2, 0.25) is 0 Å². The first-order valence-electron chi connectivity index (χ1n) is 6.17. The maximum Gasteiger partial charge on any atom is 0.246 e. The Morgan fingerprint density at radius 1 is 1.37 bits per heavy atom. The van der Waals surface area contributed by atoms with Crippen molar-refractivity contribution in [3.8, 4) is 0 Å². The van der Waals surface area contributed by atoms with Crippen molar-refractivity contribution in [2.75, 3.05) is 18.5 Å². The molecule has 1 aliphatic rings. The van der Waals surface area contributed by atoms with Crippen LogP contribution in [0.3, 0.4) is 0 Å². The van der Waals surface area contributed by atoms with Crippen molar-refractivity contribution < 1.29 is 9.53 Å². The Labute approximate surface area is 109 Å². The molecule has 7 heteroatoms. The molecule has 1 saturated heterocycles. The largest absolute Gasteiger partial charge is 0.381 e. The number of pyridine rings is 1. The molecular formula is C12H15N5O2. The molecule has 0 spiro atoms. The fourth-order valence-corrected chi connectivity index (χ4v) is 2.12. The first kappa shape index (κ1) is 12.1. The third-order valence-electron chi connectivity index (χ3n) is 3.38. The molecular weight excluding hydrogens is 246 g/mol. The summed E-state index contributed by atoms with van der Waals surface area (Å²) in [7, 11) is 0. The number of nitrogens with two attached hydrogens (primary N) is 1. The molecule has 2 aromatic rings. The molecule has 0 radical (unpaired) electrons. The van der Waals surface area contributed by atoms with Gasteiger partial charge in [0.25, 0.3) is 0 Å². The van der Waals surface area contributed by atoms with Gasteiger partial charge in [0.05, 0.1) is 0 Å². The Bertz CT molecular complexity index is 603. The summed E-state index contributed by atoms with van der Waals surface area (Å²) in [6.07, 6.45) is 2.81. The summed E-state index contributed by atoms with van der Waals surface area (Å²) >= 11 is 0. The molecule has 100 valence electrons. The van der Waals surface area contributed by atoms with E-state index >= 15 is 0 Å². The van der Waals surface area contributed by atoms with E-state index in [4.69, 9.17) is 10.5 Å². The van der Waals surface area contributed by atoms with Crippen LogP contribution in [-0.4, -0.2) is 39.3 Å². The average molecular weight is 261 g/mol. The van der Waals surface area contributed by atoms with Gasteiger partial charge >= 0.3 is 0 Å². The lowest BCUT2D eigenvalue weighted by atomic mass is 9.90. The van der Waals surface area contributed by atoms with E-state index in [1.54, 1.807) is 10.6 Å². The van der Waals surface area contributed by atoms with E-state index in [1.807, 2.05) is 18.2 Å². The van der Waals surface area contributed by atoms with Gasteiger partial charge in [0.1, 0.15) is 5.54 Å². The molecule has 0 bridgehead atoms. The van der Waals surface area contributed by atoms with Crippen molar-refractivity contribution in [1.82, 2.24) is 14.6 Å². The quantitative estimate of drug-likeness (QED) is 0.804. The number of amides is 1. The fraction of sp³-hybridized carbons (Fsp3) is 0.417. The molecule has 0 aliphatic carbocycles. The van der Waals surface area contributed by atoms with Crippen LogP contribution in [0.4, 0.5) is 5.95 Å². The van der Waals surface area contributed by atoms with Crippen molar-refractivity contribution in [3.05, 3.63) is 24.4 Å². The lowest BCUT2D eigenvalue weighted by molar-refractivity contribution is -0.124. The summed E-state index contributed by atoms with van der Waals surface area (Å²) < 4.78 is 6.94. The van der Waals surface area contributed by atoms with Gasteiger partial charge in [-0.15, -0.1) is 10.2 Å². The van der Waals surface area contributed by atoms with Crippen molar-refractivity contribution in [3.63, 3.8) is 0 Å². The van der Waals surface area contributed by atoms with Crippen LogP contribution >= 0.6 is 0 Å². The van der Waals surface area contributed by atoms with E-state index in [1.165, 1.54) is 0 Å². The minimum atomic E-state index is -0.890. The highest BCUT2D eigenvalue weighted by atomic mass is 16.5. The zero-order valence-electron chi connectivity index (χ0n) is 10.4. The standard InChI is InChI=1S/C12H15N5O2/c13-12(4-7-19-8-5-12)10(18)14-11-16-15-9-3-1-2-6-17(9)11/h1-3,6H,4-5,7-8,13H2,(H,14,16,18). The second-order valence-corrected chi connectivity index (χ2v) is 4.68. The van der Waals surface area contributed by atoms with Gasteiger partial charge in [-0.3, -0.25) is 14.5 Å². The third-order valence-corrected chi connectivity index (χ3v) is 3.38. The normalized spacial score (nSPS) is 18.4. The molecule has 0 unspecified atom stereocenters. The van der Waals surface area contributed by atoms with Crippen LogP contribution in [-0.2, 0) is 9.53 Å². The summed E-state index contributed by atoms with van der Waals surface area (Å²) in [5, 5.41) is 10.7. The number of nitrogens with zero attached hydrogens (tertiary/aromatic N) is 3. The van der Waals surface area contributed by atoms with Gasteiger partial charge in [0.2, 0.25) is 11.9 Å². The predicted molar refractivity (Wildman–Crippen MR) is 68.6 cm³/mol. The van der Waals surface area contributed by atoms with Crippen LogP contribution in [0.25, 0.3) is 5.65 Å². The van der Waals surface area contributed by atoms with Gasteiger partial charge < -0.3 is 10.5 Å². The number of fused-ring (bicyclic) bond motifs is 1. The Morgan fingerprint density at radius 3 is 2.95 bits per heavy atom. The molecule has 3 heterocycles. The summed E-state index contributed by atoms with van der Waals surface area (Å²) in [4.78, 5) is 12.3. The van der Waals surface area contributed by atoms with Gasteiger partial charge in [-0.05, 0) is 25.0 Å². The van der Waals surface area contributed by atoms with Gasteiger partial charge in [0.15, 0.2) is 5.65 Å². The van der Waals surface area contributed by atoms with E-state index in [0.29, 0.717) is 37.7 Å². The van der Waals surface area contributed by atoms with E-state index in [-0.39, 0.29) is 5.91 Å². The van der Waals surface area contributed by atoms with Gasteiger partial charge in [-0.25, -0.2) is 0 Å². The number of rotatable bonds is 2. The topological polar surface area (TPSA) is 94.5 Å². The zero-order valence-corrected chi connectivity index (χ0v) is 10.4. The first-order valence-corrected chi connectivity index (χ1v) is 6.17. The number of hydrogen-bond acceptors (Lipinski definition) is 5. The van der Waals surface area contributed by atoms with E-state index in [0.717, 1.165) is 0 Å². The molecule has 1 aliphatic heterocycles. The third kappa shape index (κ3) is 2.18. The highest BCUT2D eigenvalue weighted by Crippen LogP contribution is 2.19. The highest BCUT2D eigenvalue weighted by Gasteiger charge is 2.36. The van der Waals surface area contributed by atoms with E-state index < -0.39 is 5.54 Å². The molecule has 3 N–H and O–H groups in total. The average Bonchev–Trinajstić information content (AvgIpc) is 2.83. The molecule has 19 heavy (non-hydrogen) atoms. The number of carbonyl (C=O) groups is 1. The lowest BCUT2D eigenvalue weighted by Crippen LogP contribution is -2.54. The predicted octanol–water partition coefficient (Wildman–Crippen LogP) is 0.176. The molecule has 2 aromatic heterocycles. The number of carbonyl (C=O) groups excluding carboxylic acids is 1. The van der Waals surface area contributed by atoms with E-state index in [2.05, 4.69) is 15.5 Å². The number of hydrogen-bond donors (Lipinski definition) is 2. The Balaban J connectivity index is 1.82. The van der Waals surface area contributed by atoms with Gasteiger partial charge in [0, 0.05) is 19.4 Å². The van der Waals surface area contributed by atoms with Crippen LogP contribution in [0, 0.1) is 0 Å². The smallest absolute Gasteiger partial charge is 0.246 e. The molecule has 7 nitrogen and oxygen atoms in total. The Morgan fingerprint density at radius 2 is 2.16 bits per heavy atom. The van der Waals surface area contributed by atoms with Gasteiger partial charge in [-0.1, -0.05) is 6.07 Å². The summed E-state index contributed by atoms with van der Waals surface area (Å²) in [5.74, 6) is 0.144. The minimum Gasteiger partial charge on any atom is -0.381 e. The van der Waals surface area contributed by atoms with Crippen LogP contribution in [0.15, 0.2) is 24.4 Å². The maximum atomic E-state index is 12.3. The SMILES string of the molecule is NC1(C(=O)Nc2nnc3ccccn23)CCOCC1. The summed E-state index contributed by atoms with van der Waals surface area (Å²) in [6.45, 7) is 1.01. The molecule has 0 aromatic carbocycles.